The summed E-state index contributed by atoms with van der Waals surface area (Å²) in [4.78, 5) is 55.4. The van der Waals surface area contributed by atoms with Crippen molar-refractivity contribution in [3.63, 3.8) is 0 Å². The van der Waals surface area contributed by atoms with E-state index in [-0.39, 0.29) is 51.3 Å². The maximum absolute atomic E-state index is 13.9. The van der Waals surface area contributed by atoms with E-state index in [1.54, 1.807) is 51.1 Å². The zero-order valence-corrected chi connectivity index (χ0v) is 25.8. The Labute approximate surface area is 268 Å². The van der Waals surface area contributed by atoms with Crippen molar-refractivity contribution in [2.45, 2.75) is 26.9 Å². The lowest BCUT2D eigenvalue weighted by Gasteiger charge is -2.10. The van der Waals surface area contributed by atoms with Gasteiger partial charge in [0.05, 0.1) is 24.5 Å². The number of rotatable bonds is 9. The van der Waals surface area contributed by atoms with Gasteiger partial charge in [-0.15, -0.1) is 11.3 Å². The van der Waals surface area contributed by atoms with Crippen molar-refractivity contribution >= 4 is 45.8 Å². The van der Waals surface area contributed by atoms with Crippen molar-refractivity contribution in [3.8, 4) is 17.0 Å². The van der Waals surface area contributed by atoms with Gasteiger partial charge in [0.2, 0.25) is 0 Å². The molecular weight excluding hydrogens is 641 g/mol. The van der Waals surface area contributed by atoms with Gasteiger partial charge in [0, 0.05) is 17.2 Å². The van der Waals surface area contributed by atoms with Gasteiger partial charge in [-0.1, -0.05) is 30.3 Å². The van der Waals surface area contributed by atoms with Gasteiger partial charge in [-0.2, -0.15) is 18.3 Å². The Balaban J connectivity index is 1.35. The number of hydrogen-bond acceptors (Lipinski definition) is 10. The summed E-state index contributed by atoms with van der Waals surface area (Å²) in [6, 6.07) is 15.4. The van der Waals surface area contributed by atoms with E-state index in [0.29, 0.717) is 15.6 Å². The van der Waals surface area contributed by atoms with Crippen LogP contribution in [0.25, 0.3) is 16.9 Å². The third-order valence-corrected chi connectivity index (χ3v) is 7.82. The lowest BCUT2D eigenvalue weighted by Crippen LogP contribution is -2.15. The second-order valence-corrected chi connectivity index (χ2v) is 10.8. The Hall–Kier alpha value is -5.57. The molecule has 0 unspecified atom stereocenters. The molecule has 15 heteroatoms. The summed E-state index contributed by atoms with van der Waals surface area (Å²) in [5.41, 5.74) is -0.859. The average Bonchev–Trinajstić information content (AvgIpc) is 3.62. The van der Waals surface area contributed by atoms with Crippen molar-refractivity contribution in [1.82, 2.24) is 14.6 Å². The molecule has 11 nitrogen and oxygen atoms in total. The first kappa shape index (κ1) is 32.8. The number of alkyl halides is 3. The van der Waals surface area contributed by atoms with Gasteiger partial charge < -0.3 is 19.5 Å². The Morgan fingerprint density at radius 3 is 2.19 bits per heavy atom. The molecular formula is C32H25F3N4O7S. The van der Waals surface area contributed by atoms with Crippen LogP contribution in [0.15, 0.2) is 66.7 Å². The van der Waals surface area contributed by atoms with Crippen LogP contribution < -0.4 is 10.1 Å². The van der Waals surface area contributed by atoms with Crippen LogP contribution in [0.4, 0.5) is 18.2 Å². The summed E-state index contributed by atoms with van der Waals surface area (Å²) in [6.07, 6.45) is -4.80. The summed E-state index contributed by atoms with van der Waals surface area (Å²) < 4.78 is 57.7. The van der Waals surface area contributed by atoms with E-state index in [1.807, 2.05) is 0 Å². The molecule has 0 saturated heterocycles. The van der Waals surface area contributed by atoms with Crippen molar-refractivity contribution in [2.75, 3.05) is 18.5 Å². The molecule has 0 atom stereocenters. The predicted molar refractivity (Wildman–Crippen MR) is 164 cm³/mol. The zero-order valence-electron chi connectivity index (χ0n) is 25.0. The molecule has 1 N–H and O–H groups in total. The maximum Gasteiger partial charge on any atom is 0.433 e. The summed E-state index contributed by atoms with van der Waals surface area (Å²) in [7, 11) is 0. The van der Waals surface area contributed by atoms with E-state index >= 15 is 0 Å². The number of benzene rings is 2. The van der Waals surface area contributed by atoms with Crippen LogP contribution in [0.1, 0.15) is 66.0 Å². The SMILES string of the molecule is CCOC(=O)c1sc(NC(=O)c2ccc(OC(=O)c3cc4nc(-c5ccccc5)cc(C(F)(F)F)n4n3)cc2)c(C(=O)OCC)c1C. The first-order valence-electron chi connectivity index (χ1n) is 14.1. The molecule has 242 valence electrons. The minimum absolute atomic E-state index is 0.0188. The Bertz CT molecular complexity index is 1990. The number of esters is 3. The molecule has 1 amide bonds. The fourth-order valence-corrected chi connectivity index (χ4v) is 5.57. The topological polar surface area (TPSA) is 138 Å². The third-order valence-electron chi connectivity index (χ3n) is 6.64. The molecule has 0 radical (unpaired) electrons. The predicted octanol–water partition coefficient (Wildman–Crippen LogP) is 6.61. The first-order valence-corrected chi connectivity index (χ1v) is 14.9. The normalized spacial score (nSPS) is 11.3. The molecule has 0 aliphatic heterocycles. The average molecular weight is 667 g/mol. The number of aromatic nitrogens is 3. The van der Waals surface area contributed by atoms with Crippen LogP contribution in [0, 0.1) is 6.92 Å². The second kappa shape index (κ2) is 13.4. The van der Waals surface area contributed by atoms with Crippen LogP contribution in [0.5, 0.6) is 5.75 Å². The van der Waals surface area contributed by atoms with Crippen LogP contribution >= 0.6 is 11.3 Å². The van der Waals surface area contributed by atoms with E-state index in [1.165, 1.54) is 24.3 Å². The Morgan fingerprint density at radius 2 is 1.55 bits per heavy atom. The van der Waals surface area contributed by atoms with Crippen molar-refractivity contribution < 1.29 is 46.6 Å². The van der Waals surface area contributed by atoms with Crippen LogP contribution in [-0.4, -0.2) is 51.6 Å². The molecule has 0 aliphatic rings. The van der Waals surface area contributed by atoms with E-state index < -0.39 is 41.4 Å². The Kier molecular flexibility index (Phi) is 9.37. The number of anilines is 1. The second-order valence-electron chi connectivity index (χ2n) is 9.76. The molecule has 0 spiro atoms. The lowest BCUT2D eigenvalue weighted by molar-refractivity contribution is -0.142. The molecule has 5 aromatic rings. The molecule has 0 saturated carbocycles. The highest BCUT2D eigenvalue weighted by Gasteiger charge is 2.36. The molecule has 2 aromatic carbocycles. The molecule has 3 aromatic heterocycles. The zero-order chi connectivity index (χ0) is 33.9. The summed E-state index contributed by atoms with van der Waals surface area (Å²) in [6.45, 7) is 4.98. The van der Waals surface area contributed by atoms with Crippen molar-refractivity contribution in [1.29, 1.82) is 0 Å². The third kappa shape index (κ3) is 6.99. The highest BCUT2D eigenvalue weighted by atomic mass is 32.1. The standard InChI is InChI=1S/C32H25F3N4O7S/c1-4-44-30(42)25-17(3)26(31(43)45-5-2)47-28(25)37-27(40)19-11-13-20(14-12-19)46-29(41)22-16-24-36-21(18-9-7-6-8-10-18)15-23(32(33,34)35)39(24)38-22/h6-16H,4-5H2,1-3H3,(H,37,40). The first-order chi connectivity index (χ1) is 22.4. The summed E-state index contributed by atoms with van der Waals surface area (Å²) in [5.74, 6) is -3.11. The highest BCUT2D eigenvalue weighted by Crippen LogP contribution is 2.35. The van der Waals surface area contributed by atoms with Crippen LogP contribution in [0.3, 0.4) is 0 Å². The van der Waals surface area contributed by atoms with E-state index in [9.17, 15) is 32.3 Å². The number of nitrogens with one attached hydrogen (secondary N) is 1. The number of ether oxygens (including phenoxy) is 3. The van der Waals surface area contributed by atoms with Crippen molar-refractivity contribution in [3.05, 3.63) is 99.7 Å². The molecule has 47 heavy (non-hydrogen) atoms. The number of hydrogen-bond donors (Lipinski definition) is 1. The fourth-order valence-electron chi connectivity index (χ4n) is 4.48. The van der Waals surface area contributed by atoms with Gasteiger partial charge in [0.25, 0.3) is 5.91 Å². The lowest BCUT2D eigenvalue weighted by atomic mass is 10.1. The van der Waals surface area contributed by atoms with Gasteiger partial charge in [-0.3, -0.25) is 4.79 Å². The van der Waals surface area contributed by atoms with E-state index in [0.717, 1.165) is 23.5 Å². The van der Waals surface area contributed by atoms with E-state index in [4.69, 9.17) is 14.2 Å². The summed E-state index contributed by atoms with van der Waals surface area (Å²) in [5, 5.41) is 6.49. The summed E-state index contributed by atoms with van der Waals surface area (Å²) >= 11 is 0.863. The van der Waals surface area contributed by atoms with E-state index in [2.05, 4.69) is 15.4 Å². The smallest absolute Gasteiger partial charge is 0.433 e. The van der Waals surface area contributed by atoms with Gasteiger partial charge in [-0.25, -0.2) is 23.9 Å². The number of halogens is 3. The number of thiophene rings is 1. The number of carbonyl (C=O) groups excluding carboxylic acids is 4. The highest BCUT2D eigenvalue weighted by molar-refractivity contribution is 7.18. The maximum atomic E-state index is 13.9. The number of nitrogens with zero attached hydrogens (tertiary/aromatic N) is 3. The van der Waals surface area contributed by atoms with Gasteiger partial charge in [0.15, 0.2) is 17.0 Å². The molecule has 0 bridgehead atoms. The van der Waals surface area contributed by atoms with Crippen molar-refractivity contribution in [2.24, 2.45) is 0 Å². The quantitative estimate of drug-likeness (QED) is 0.136. The monoisotopic (exact) mass is 666 g/mol. The molecule has 0 aliphatic carbocycles. The van der Waals surface area contributed by atoms with Gasteiger partial charge in [0.1, 0.15) is 15.6 Å². The number of carbonyl (C=O) groups is 4. The minimum atomic E-state index is -4.80. The van der Waals surface area contributed by atoms with Gasteiger partial charge in [-0.05, 0) is 56.7 Å². The minimum Gasteiger partial charge on any atom is -0.462 e. The molecule has 0 fully saturated rings. The van der Waals surface area contributed by atoms with Gasteiger partial charge >= 0.3 is 24.1 Å². The van der Waals surface area contributed by atoms with Crippen LogP contribution in [0.2, 0.25) is 0 Å². The molecule has 3 heterocycles. The fraction of sp³-hybridized carbons (Fsp3) is 0.188. The number of amides is 1. The van der Waals surface area contributed by atoms with Crippen LogP contribution in [-0.2, 0) is 15.7 Å². The number of fused-ring (bicyclic) bond motifs is 1. The molecule has 5 rings (SSSR count). The Morgan fingerprint density at radius 1 is 0.894 bits per heavy atom. The largest absolute Gasteiger partial charge is 0.462 e.